The van der Waals surface area contributed by atoms with Crippen LogP contribution in [-0.2, 0) is 0 Å². The fraction of sp³-hybridized carbons (Fsp3) is 0.231. The number of halogens is 2. The number of nitrogens with one attached hydrogen (secondary N) is 1. The molecule has 0 amide bonds. The molecule has 0 aliphatic heterocycles. The van der Waals surface area contributed by atoms with Crippen LogP contribution < -0.4 is 5.32 Å². The zero-order valence-electron chi connectivity index (χ0n) is 10.8. The molecule has 0 aliphatic rings. The molecule has 3 nitrogen and oxygen atoms in total. The summed E-state index contributed by atoms with van der Waals surface area (Å²) in [4.78, 5) is 8.21. The maximum absolute atomic E-state index is 13.2. The molecular weight excluding hydrogens is 361 g/mol. The van der Waals surface area contributed by atoms with Gasteiger partial charge in [0, 0.05) is 17.5 Å². The van der Waals surface area contributed by atoms with E-state index in [9.17, 15) is 4.39 Å². The van der Waals surface area contributed by atoms with E-state index in [4.69, 9.17) is 0 Å². The topological polar surface area (TPSA) is 37.8 Å². The molecule has 0 atom stereocenters. The largest absolute Gasteiger partial charge is 0.349 e. The lowest BCUT2D eigenvalue weighted by Crippen LogP contribution is -1.97. The molecule has 2 rings (SSSR count). The second-order valence-electron chi connectivity index (χ2n) is 4.00. The van der Waals surface area contributed by atoms with Crippen LogP contribution in [0.5, 0.6) is 0 Å². The molecule has 0 bridgehead atoms. The van der Waals surface area contributed by atoms with Crippen LogP contribution in [0.2, 0.25) is 0 Å². The summed E-state index contributed by atoms with van der Waals surface area (Å²) >= 11 is 6.62. The Hall–Kier alpha value is -0.920. The third kappa shape index (κ3) is 4.04. The Labute approximate surface area is 133 Å². The molecule has 1 N–H and O–H groups in total. The summed E-state index contributed by atoms with van der Waals surface area (Å²) in [5.74, 6) is 0.649. The van der Waals surface area contributed by atoms with Gasteiger partial charge in [-0.2, -0.15) is 11.8 Å². The van der Waals surface area contributed by atoms with Crippen LogP contribution in [0.25, 0.3) is 10.6 Å². The number of rotatable bonds is 6. The van der Waals surface area contributed by atoms with E-state index in [1.165, 1.54) is 23.6 Å². The zero-order valence-corrected chi connectivity index (χ0v) is 14.0. The molecule has 0 radical (unpaired) electrons. The Bertz CT molecular complexity index is 615. The molecule has 2 aromatic rings. The summed E-state index contributed by atoms with van der Waals surface area (Å²) in [6, 6.07) is 1.42. The zero-order chi connectivity index (χ0) is 14.5. The van der Waals surface area contributed by atoms with Crippen molar-refractivity contribution in [3.05, 3.63) is 41.2 Å². The first-order valence-corrected chi connectivity index (χ1v) is 8.81. The van der Waals surface area contributed by atoms with E-state index in [-0.39, 0.29) is 5.82 Å². The number of allylic oxidation sites excluding steroid dienone is 1. The molecule has 0 unspecified atom stereocenters. The van der Waals surface area contributed by atoms with Gasteiger partial charge in [-0.15, -0.1) is 0 Å². The predicted octanol–water partition coefficient (Wildman–Crippen LogP) is 4.79. The van der Waals surface area contributed by atoms with E-state index in [0.29, 0.717) is 15.2 Å². The Balaban J connectivity index is 2.15. The summed E-state index contributed by atoms with van der Waals surface area (Å²) in [6.07, 6.45) is 5.73. The van der Waals surface area contributed by atoms with Gasteiger partial charge in [0.25, 0.3) is 0 Å². The van der Waals surface area contributed by atoms with Gasteiger partial charge in [-0.1, -0.05) is 17.9 Å². The summed E-state index contributed by atoms with van der Waals surface area (Å²) in [6.45, 7) is 3.99. The number of nitrogens with zero attached hydrogens (tertiary/aromatic N) is 2. The van der Waals surface area contributed by atoms with Gasteiger partial charge in [0.1, 0.15) is 20.4 Å². The van der Waals surface area contributed by atoms with Crippen LogP contribution in [0.3, 0.4) is 0 Å². The van der Waals surface area contributed by atoms with Crippen molar-refractivity contribution in [2.45, 2.75) is 6.42 Å². The van der Waals surface area contributed by atoms with Crippen molar-refractivity contribution < 1.29 is 4.39 Å². The van der Waals surface area contributed by atoms with Gasteiger partial charge in [-0.25, -0.2) is 9.37 Å². The first kappa shape index (κ1) is 15.5. The number of anilines is 1. The average molecular weight is 374 g/mol. The number of hydrogen-bond acceptors (Lipinski definition) is 5. The van der Waals surface area contributed by atoms with Gasteiger partial charge in [0.2, 0.25) is 0 Å². The van der Waals surface area contributed by atoms with E-state index in [1.54, 1.807) is 18.0 Å². The fourth-order valence-corrected chi connectivity index (χ4v) is 3.45. The van der Waals surface area contributed by atoms with Crippen molar-refractivity contribution in [3.63, 3.8) is 0 Å². The van der Waals surface area contributed by atoms with Crippen molar-refractivity contribution in [1.82, 2.24) is 9.97 Å². The number of thioether (sulfide) groups is 1. The molecule has 0 aliphatic carbocycles. The standard InChI is InChI=1S/C13H13BrFN3S2/c1-8(3-4-19-2)17-13-11(14)18-12(20-13)9-5-10(15)7-16-6-9/h5-7,17H,1,3-4H2,2H3. The highest BCUT2D eigenvalue weighted by atomic mass is 79.9. The van der Waals surface area contributed by atoms with E-state index in [1.807, 2.05) is 0 Å². The highest BCUT2D eigenvalue weighted by molar-refractivity contribution is 9.10. The van der Waals surface area contributed by atoms with Gasteiger partial charge < -0.3 is 5.32 Å². The molecule has 0 saturated carbocycles. The minimum absolute atomic E-state index is 0.368. The van der Waals surface area contributed by atoms with Crippen molar-refractivity contribution in [3.8, 4) is 10.6 Å². The number of aromatic nitrogens is 2. The van der Waals surface area contributed by atoms with Gasteiger partial charge in [0.15, 0.2) is 0 Å². The molecule has 2 heterocycles. The van der Waals surface area contributed by atoms with Crippen molar-refractivity contribution in [1.29, 1.82) is 0 Å². The third-order valence-corrected chi connectivity index (χ3v) is 4.90. The Morgan fingerprint density at radius 3 is 3.05 bits per heavy atom. The summed E-state index contributed by atoms with van der Waals surface area (Å²) in [5, 5.41) is 4.82. The molecule has 0 fully saturated rings. The SMILES string of the molecule is C=C(CCSC)Nc1sc(-c2cncc(F)c2)nc1Br. The number of hydrogen-bond donors (Lipinski definition) is 1. The monoisotopic (exact) mass is 373 g/mol. The van der Waals surface area contributed by atoms with Crippen LogP contribution in [0.15, 0.2) is 35.3 Å². The summed E-state index contributed by atoms with van der Waals surface area (Å²) < 4.78 is 13.9. The van der Waals surface area contributed by atoms with Crippen LogP contribution in [0.1, 0.15) is 6.42 Å². The van der Waals surface area contributed by atoms with E-state index in [2.05, 4.69) is 44.0 Å². The average Bonchev–Trinajstić information content (AvgIpc) is 2.78. The van der Waals surface area contributed by atoms with Gasteiger partial charge in [0.05, 0.1) is 6.20 Å². The minimum atomic E-state index is -0.368. The molecule has 0 aromatic carbocycles. The van der Waals surface area contributed by atoms with Crippen LogP contribution in [0, 0.1) is 5.82 Å². The van der Waals surface area contributed by atoms with E-state index in [0.717, 1.165) is 22.9 Å². The van der Waals surface area contributed by atoms with Gasteiger partial charge >= 0.3 is 0 Å². The van der Waals surface area contributed by atoms with Crippen molar-refractivity contribution in [2.75, 3.05) is 17.3 Å². The molecular formula is C13H13BrFN3S2. The Morgan fingerprint density at radius 2 is 2.35 bits per heavy atom. The second-order valence-corrected chi connectivity index (χ2v) is 6.74. The predicted molar refractivity (Wildman–Crippen MR) is 88.8 cm³/mol. The van der Waals surface area contributed by atoms with Crippen LogP contribution in [-0.4, -0.2) is 22.0 Å². The smallest absolute Gasteiger partial charge is 0.142 e. The van der Waals surface area contributed by atoms with Crippen LogP contribution in [0.4, 0.5) is 9.39 Å². The van der Waals surface area contributed by atoms with Gasteiger partial charge in [-0.3, -0.25) is 4.98 Å². The lowest BCUT2D eigenvalue weighted by molar-refractivity contribution is 0.622. The summed E-state index contributed by atoms with van der Waals surface area (Å²) in [7, 11) is 0. The maximum atomic E-state index is 13.2. The number of pyridine rings is 1. The second kappa shape index (κ2) is 7.19. The Kier molecular flexibility index (Phi) is 5.56. The van der Waals surface area contributed by atoms with E-state index < -0.39 is 0 Å². The molecule has 20 heavy (non-hydrogen) atoms. The normalized spacial score (nSPS) is 10.6. The quantitative estimate of drug-likeness (QED) is 0.789. The maximum Gasteiger partial charge on any atom is 0.142 e. The highest BCUT2D eigenvalue weighted by Crippen LogP contribution is 2.36. The van der Waals surface area contributed by atoms with Crippen molar-refractivity contribution in [2.24, 2.45) is 0 Å². The van der Waals surface area contributed by atoms with E-state index >= 15 is 0 Å². The van der Waals surface area contributed by atoms with Crippen LogP contribution >= 0.6 is 39.0 Å². The highest BCUT2D eigenvalue weighted by Gasteiger charge is 2.12. The summed E-state index contributed by atoms with van der Waals surface area (Å²) in [5.41, 5.74) is 1.60. The Morgan fingerprint density at radius 1 is 1.55 bits per heavy atom. The van der Waals surface area contributed by atoms with Crippen molar-refractivity contribution >= 4 is 44.0 Å². The molecule has 0 saturated heterocycles. The minimum Gasteiger partial charge on any atom is -0.349 e. The lowest BCUT2D eigenvalue weighted by atomic mass is 10.3. The first-order chi connectivity index (χ1) is 9.60. The molecule has 2 aromatic heterocycles. The molecule has 106 valence electrons. The lowest BCUT2D eigenvalue weighted by Gasteiger charge is -2.06. The number of thiazole rings is 1. The van der Waals surface area contributed by atoms with Gasteiger partial charge in [-0.05, 0) is 40.4 Å². The first-order valence-electron chi connectivity index (χ1n) is 5.81. The third-order valence-electron chi connectivity index (χ3n) is 2.44. The molecule has 7 heteroatoms. The molecule has 0 spiro atoms. The fourth-order valence-electron chi connectivity index (χ4n) is 1.48.